The summed E-state index contributed by atoms with van der Waals surface area (Å²) in [7, 11) is 1.38. The first-order valence-electron chi connectivity index (χ1n) is 4.25. The van der Waals surface area contributed by atoms with Crippen molar-refractivity contribution in [1.82, 2.24) is 4.98 Å². The van der Waals surface area contributed by atoms with Crippen LogP contribution in [0.5, 0.6) is 0 Å². The molecule has 0 atom stereocenters. The number of pyridine rings is 1. The third-order valence-electron chi connectivity index (χ3n) is 1.99. The van der Waals surface area contributed by atoms with E-state index < -0.39 is 4.92 Å². The third-order valence-corrected chi connectivity index (χ3v) is 2.26. The minimum absolute atomic E-state index is 0.0131. The standard InChI is InChI=1S/C9H8ClN3O3/c1-5-8(13(14)15)7(4-16-2)6(3-11)9(10)12-5/h4H2,1-2H3. The van der Waals surface area contributed by atoms with E-state index in [1.165, 1.54) is 14.0 Å². The van der Waals surface area contributed by atoms with Crippen LogP contribution >= 0.6 is 11.6 Å². The highest BCUT2D eigenvalue weighted by Crippen LogP contribution is 2.29. The van der Waals surface area contributed by atoms with Crippen molar-refractivity contribution in [2.45, 2.75) is 13.5 Å². The van der Waals surface area contributed by atoms with Crippen LogP contribution < -0.4 is 0 Å². The first-order valence-corrected chi connectivity index (χ1v) is 4.63. The predicted molar refractivity (Wildman–Crippen MR) is 56.1 cm³/mol. The van der Waals surface area contributed by atoms with Crippen LogP contribution in [-0.2, 0) is 11.3 Å². The Morgan fingerprint density at radius 1 is 1.69 bits per heavy atom. The van der Waals surface area contributed by atoms with Crippen LogP contribution in [0.25, 0.3) is 0 Å². The van der Waals surface area contributed by atoms with E-state index >= 15 is 0 Å². The largest absolute Gasteiger partial charge is 0.380 e. The first kappa shape index (κ1) is 12.4. The van der Waals surface area contributed by atoms with Gasteiger partial charge >= 0.3 is 0 Å². The molecular weight excluding hydrogens is 234 g/mol. The van der Waals surface area contributed by atoms with Crippen LogP contribution in [0.4, 0.5) is 5.69 Å². The van der Waals surface area contributed by atoms with Crippen molar-refractivity contribution in [3.63, 3.8) is 0 Å². The number of ether oxygens (including phenoxy) is 1. The average Bonchev–Trinajstić information content (AvgIpc) is 2.17. The number of methoxy groups -OCH3 is 1. The predicted octanol–water partition coefficient (Wildman–Crippen LogP) is 1.97. The van der Waals surface area contributed by atoms with Gasteiger partial charge in [0, 0.05) is 7.11 Å². The van der Waals surface area contributed by atoms with Crippen molar-refractivity contribution in [2.24, 2.45) is 0 Å². The van der Waals surface area contributed by atoms with E-state index in [0.717, 1.165) is 0 Å². The lowest BCUT2D eigenvalue weighted by molar-refractivity contribution is -0.386. The zero-order valence-corrected chi connectivity index (χ0v) is 9.41. The lowest BCUT2D eigenvalue weighted by atomic mass is 10.1. The average molecular weight is 242 g/mol. The van der Waals surface area contributed by atoms with Gasteiger partial charge in [-0.3, -0.25) is 10.1 Å². The Balaban J connectivity index is 3.59. The molecule has 6 nitrogen and oxygen atoms in total. The van der Waals surface area contributed by atoms with Crippen molar-refractivity contribution in [3.05, 3.63) is 32.1 Å². The van der Waals surface area contributed by atoms with Gasteiger partial charge in [-0.15, -0.1) is 0 Å². The molecule has 0 unspecified atom stereocenters. The molecule has 0 aliphatic carbocycles. The summed E-state index contributed by atoms with van der Waals surface area (Å²) in [5.41, 5.74) is 0.0946. The minimum Gasteiger partial charge on any atom is -0.380 e. The second-order valence-corrected chi connectivity index (χ2v) is 3.35. The van der Waals surface area contributed by atoms with Gasteiger partial charge in [0.15, 0.2) is 0 Å². The Morgan fingerprint density at radius 2 is 2.31 bits per heavy atom. The second-order valence-electron chi connectivity index (χ2n) is 2.99. The van der Waals surface area contributed by atoms with Crippen LogP contribution in [0.15, 0.2) is 0 Å². The molecule has 0 amide bonds. The van der Waals surface area contributed by atoms with E-state index in [1.807, 2.05) is 0 Å². The van der Waals surface area contributed by atoms with Gasteiger partial charge in [0.2, 0.25) is 0 Å². The van der Waals surface area contributed by atoms with E-state index in [0.29, 0.717) is 0 Å². The normalized spacial score (nSPS) is 9.88. The summed E-state index contributed by atoms with van der Waals surface area (Å²) >= 11 is 5.74. The number of aryl methyl sites for hydroxylation is 1. The summed E-state index contributed by atoms with van der Waals surface area (Å²) < 4.78 is 4.83. The summed E-state index contributed by atoms with van der Waals surface area (Å²) in [6.07, 6.45) is 0. The molecule has 0 aromatic carbocycles. The van der Waals surface area contributed by atoms with Crippen molar-refractivity contribution < 1.29 is 9.66 Å². The fourth-order valence-corrected chi connectivity index (χ4v) is 1.64. The Labute approximate surface area is 96.6 Å². The van der Waals surface area contributed by atoms with Gasteiger partial charge in [-0.25, -0.2) is 4.98 Å². The fourth-order valence-electron chi connectivity index (χ4n) is 1.36. The molecule has 0 fully saturated rings. The summed E-state index contributed by atoms with van der Waals surface area (Å²) in [5, 5.41) is 19.7. The highest BCUT2D eigenvalue weighted by atomic mass is 35.5. The lowest BCUT2D eigenvalue weighted by Crippen LogP contribution is -2.05. The summed E-state index contributed by atoms with van der Waals surface area (Å²) in [4.78, 5) is 14.0. The maximum absolute atomic E-state index is 10.9. The van der Waals surface area contributed by atoms with Crippen molar-refractivity contribution >= 4 is 17.3 Å². The smallest absolute Gasteiger partial charge is 0.297 e. The fraction of sp³-hybridized carbons (Fsp3) is 0.333. The van der Waals surface area contributed by atoms with Gasteiger partial charge in [0.25, 0.3) is 5.69 Å². The maximum atomic E-state index is 10.9. The molecule has 84 valence electrons. The highest BCUT2D eigenvalue weighted by Gasteiger charge is 2.24. The molecule has 1 aromatic heterocycles. The van der Waals surface area contributed by atoms with E-state index in [1.54, 1.807) is 6.07 Å². The SMILES string of the molecule is COCc1c(C#N)c(Cl)nc(C)c1[N+](=O)[O-]. The van der Waals surface area contributed by atoms with Gasteiger partial charge in [-0.1, -0.05) is 11.6 Å². The van der Waals surface area contributed by atoms with E-state index in [4.69, 9.17) is 21.6 Å². The molecule has 0 N–H and O–H groups in total. The Morgan fingerprint density at radius 3 is 2.75 bits per heavy atom. The molecular formula is C9H8ClN3O3. The molecule has 0 bridgehead atoms. The molecule has 0 saturated carbocycles. The highest BCUT2D eigenvalue weighted by molar-refractivity contribution is 6.30. The Bertz CT molecular complexity index is 482. The van der Waals surface area contributed by atoms with Crippen molar-refractivity contribution in [1.29, 1.82) is 5.26 Å². The van der Waals surface area contributed by atoms with Crippen LogP contribution in [-0.4, -0.2) is 17.0 Å². The minimum atomic E-state index is -0.589. The molecule has 1 heterocycles. The zero-order valence-electron chi connectivity index (χ0n) is 8.65. The molecule has 1 rings (SSSR count). The number of aromatic nitrogens is 1. The second kappa shape index (κ2) is 4.88. The van der Waals surface area contributed by atoms with E-state index in [2.05, 4.69) is 4.98 Å². The Kier molecular flexibility index (Phi) is 3.77. The van der Waals surface area contributed by atoms with Crippen LogP contribution in [0, 0.1) is 28.4 Å². The van der Waals surface area contributed by atoms with Crippen LogP contribution in [0.2, 0.25) is 5.15 Å². The van der Waals surface area contributed by atoms with Gasteiger partial charge in [-0.05, 0) is 6.92 Å². The van der Waals surface area contributed by atoms with Crippen molar-refractivity contribution in [3.8, 4) is 6.07 Å². The summed E-state index contributed by atoms with van der Waals surface area (Å²) in [6.45, 7) is 1.41. The first-order chi connectivity index (χ1) is 7.52. The van der Waals surface area contributed by atoms with Crippen molar-refractivity contribution in [2.75, 3.05) is 7.11 Å². The topological polar surface area (TPSA) is 89.0 Å². The maximum Gasteiger partial charge on any atom is 0.297 e. The number of hydrogen-bond acceptors (Lipinski definition) is 5. The van der Waals surface area contributed by atoms with Gasteiger partial charge < -0.3 is 4.74 Å². The molecule has 0 radical (unpaired) electrons. The molecule has 0 spiro atoms. The Hall–Kier alpha value is -1.71. The third kappa shape index (κ3) is 2.10. The lowest BCUT2D eigenvalue weighted by Gasteiger charge is -2.07. The quantitative estimate of drug-likeness (QED) is 0.458. The molecule has 0 saturated heterocycles. The number of nitro groups is 1. The monoisotopic (exact) mass is 241 g/mol. The number of hydrogen-bond donors (Lipinski definition) is 0. The van der Waals surface area contributed by atoms with Gasteiger partial charge in [0.05, 0.1) is 17.1 Å². The zero-order chi connectivity index (χ0) is 12.3. The molecule has 0 aliphatic rings. The van der Waals surface area contributed by atoms with Crippen LogP contribution in [0.1, 0.15) is 16.8 Å². The van der Waals surface area contributed by atoms with E-state index in [9.17, 15) is 10.1 Å². The molecule has 1 aromatic rings. The number of rotatable bonds is 3. The van der Waals surface area contributed by atoms with Crippen LogP contribution in [0.3, 0.4) is 0 Å². The molecule has 16 heavy (non-hydrogen) atoms. The number of halogens is 1. The molecule has 0 aliphatic heterocycles. The summed E-state index contributed by atoms with van der Waals surface area (Å²) in [5.74, 6) is 0. The molecule has 7 heteroatoms. The number of nitrogens with zero attached hydrogens (tertiary/aromatic N) is 3. The van der Waals surface area contributed by atoms with E-state index in [-0.39, 0.29) is 34.3 Å². The van der Waals surface area contributed by atoms with Gasteiger partial charge in [-0.2, -0.15) is 5.26 Å². The summed E-state index contributed by atoms with van der Waals surface area (Å²) in [6, 6.07) is 1.79. The van der Waals surface area contributed by atoms with Gasteiger partial charge in [0.1, 0.15) is 22.5 Å². The number of nitriles is 1.